The lowest BCUT2D eigenvalue weighted by Crippen LogP contribution is -2.36. The van der Waals surface area contributed by atoms with Gasteiger partial charge < -0.3 is 0 Å². The molecule has 0 radical (unpaired) electrons. The van der Waals surface area contributed by atoms with E-state index in [1.165, 1.54) is 6.26 Å². The van der Waals surface area contributed by atoms with Crippen molar-refractivity contribution in [3.05, 3.63) is 0 Å². The summed E-state index contributed by atoms with van der Waals surface area (Å²) in [6.07, 6.45) is 4.30. The zero-order valence-electron chi connectivity index (χ0n) is 9.58. The molecule has 1 rings (SSSR count). The highest BCUT2D eigenvalue weighted by atomic mass is 32.2. The lowest BCUT2D eigenvalue weighted by molar-refractivity contribution is 0.268. The lowest BCUT2D eigenvalue weighted by atomic mass is 9.88. The van der Waals surface area contributed by atoms with Crippen LogP contribution in [0.5, 0.6) is 0 Å². The number of hydrogen-bond donors (Lipinski definition) is 0. The van der Waals surface area contributed by atoms with E-state index >= 15 is 0 Å². The Morgan fingerprint density at radius 3 is 2.36 bits per heavy atom. The highest BCUT2D eigenvalue weighted by molar-refractivity contribution is 7.88. The first-order valence-corrected chi connectivity index (χ1v) is 7.02. The minimum absolute atomic E-state index is 0.206. The van der Waals surface area contributed by atoms with Crippen LogP contribution in [0.4, 0.5) is 0 Å². The van der Waals surface area contributed by atoms with E-state index in [1.807, 2.05) is 0 Å². The van der Waals surface area contributed by atoms with Gasteiger partial charge in [-0.05, 0) is 24.7 Å². The molecule has 0 aromatic rings. The summed E-state index contributed by atoms with van der Waals surface area (Å²) in [5.74, 6) is 0. The average molecular weight is 219 g/mol. The molecule has 1 atom stereocenters. The van der Waals surface area contributed by atoms with E-state index in [9.17, 15) is 8.42 Å². The molecule has 84 valence electrons. The van der Waals surface area contributed by atoms with Crippen LogP contribution in [0.25, 0.3) is 0 Å². The number of sulfonamides is 1. The van der Waals surface area contributed by atoms with Crippen LogP contribution in [-0.4, -0.2) is 31.6 Å². The molecule has 4 heteroatoms. The number of hydrogen-bond acceptors (Lipinski definition) is 2. The molecule has 3 nitrogen and oxygen atoms in total. The molecule has 1 aliphatic rings. The standard InChI is InChI=1S/C10H21NO2S/c1-10(2,3)8-9-6-5-7-11(9)14(4,12)13/h9H,5-8H2,1-4H3/t9-/m1/s1. The van der Waals surface area contributed by atoms with Crippen molar-refractivity contribution in [3.8, 4) is 0 Å². The predicted octanol–water partition coefficient (Wildman–Crippen LogP) is 1.85. The maximum absolute atomic E-state index is 11.5. The van der Waals surface area contributed by atoms with E-state index in [0.717, 1.165) is 19.3 Å². The first-order chi connectivity index (χ1) is 6.20. The highest BCUT2D eigenvalue weighted by Crippen LogP contribution is 2.30. The second kappa shape index (κ2) is 3.81. The summed E-state index contributed by atoms with van der Waals surface area (Å²) in [6, 6.07) is 0.227. The summed E-state index contributed by atoms with van der Waals surface area (Å²) in [6.45, 7) is 7.18. The Kier molecular flexibility index (Phi) is 3.26. The Labute approximate surface area is 87.5 Å². The molecule has 0 bridgehead atoms. The summed E-state index contributed by atoms with van der Waals surface area (Å²) in [5.41, 5.74) is 0.206. The maximum Gasteiger partial charge on any atom is 0.211 e. The Bertz CT molecular complexity index is 290. The van der Waals surface area contributed by atoms with Gasteiger partial charge in [-0.3, -0.25) is 0 Å². The van der Waals surface area contributed by atoms with E-state index in [0.29, 0.717) is 6.54 Å². The fraction of sp³-hybridized carbons (Fsp3) is 1.00. The molecule has 0 amide bonds. The van der Waals surface area contributed by atoms with Crippen LogP contribution in [0.1, 0.15) is 40.0 Å². The Balaban J connectivity index is 2.71. The van der Waals surface area contributed by atoms with E-state index in [2.05, 4.69) is 20.8 Å². The monoisotopic (exact) mass is 219 g/mol. The van der Waals surface area contributed by atoms with Crippen LogP contribution in [0.3, 0.4) is 0 Å². The van der Waals surface area contributed by atoms with E-state index in [1.54, 1.807) is 4.31 Å². The summed E-state index contributed by atoms with van der Waals surface area (Å²) in [5, 5.41) is 0. The van der Waals surface area contributed by atoms with Crippen LogP contribution >= 0.6 is 0 Å². The molecule has 1 aliphatic heterocycles. The van der Waals surface area contributed by atoms with Gasteiger partial charge in [-0.2, -0.15) is 4.31 Å². The molecule has 0 spiro atoms. The van der Waals surface area contributed by atoms with Crippen LogP contribution in [-0.2, 0) is 10.0 Å². The molecule has 0 aromatic carbocycles. The largest absolute Gasteiger partial charge is 0.212 e. The molecular formula is C10H21NO2S. The summed E-state index contributed by atoms with van der Waals surface area (Å²) >= 11 is 0. The molecule has 0 aliphatic carbocycles. The number of nitrogens with zero attached hydrogens (tertiary/aromatic N) is 1. The zero-order chi connectivity index (χ0) is 11.0. The van der Waals surface area contributed by atoms with Gasteiger partial charge in [0.05, 0.1) is 6.26 Å². The van der Waals surface area contributed by atoms with Gasteiger partial charge in [0.2, 0.25) is 10.0 Å². The average Bonchev–Trinajstić information content (AvgIpc) is 2.29. The quantitative estimate of drug-likeness (QED) is 0.710. The third-order valence-corrected chi connectivity index (χ3v) is 3.93. The van der Waals surface area contributed by atoms with Gasteiger partial charge in [0.1, 0.15) is 0 Å². The van der Waals surface area contributed by atoms with Crippen LogP contribution in [0, 0.1) is 5.41 Å². The Hall–Kier alpha value is -0.0900. The summed E-state index contributed by atoms with van der Waals surface area (Å²) < 4.78 is 24.6. The maximum atomic E-state index is 11.5. The third-order valence-electron chi connectivity index (χ3n) is 2.60. The predicted molar refractivity (Wildman–Crippen MR) is 58.6 cm³/mol. The molecule has 14 heavy (non-hydrogen) atoms. The van der Waals surface area contributed by atoms with Gasteiger partial charge >= 0.3 is 0 Å². The van der Waals surface area contributed by atoms with Crippen molar-refractivity contribution in [1.29, 1.82) is 0 Å². The van der Waals surface area contributed by atoms with E-state index in [4.69, 9.17) is 0 Å². The third kappa shape index (κ3) is 3.24. The highest BCUT2D eigenvalue weighted by Gasteiger charge is 2.33. The summed E-state index contributed by atoms with van der Waals surface area (Å²) in [7, 11) is -2.99. The first-order valence-electron chi connectivity index (χ1n) is 5.17. The molecule has 1 saturated heterocycles. The van der Waals surface area contributed by atoms with Crippen molar-refractivity contribution in [1.82, 2.24) is 4.31 Å². The van der Waals surface area contributed by atoms with Gasteiger partial charge in [-0.25, -0.2) is 8.42 Å². The topological polar surface area (TPSA) is 37.4 Å². The lowest BCUT2D eigenvalue weighted by Gasteiger charge is -2.28. The van der Waals surface area contributed by atoms with Crippen LogP contribution < -0.4 is 0 Å². The van der Waals surface area contributed by atoms with Crippen molar-refractivity contribution < 1.29 is 8.42 Å². The fourth-order valence-corrected chi connectivity index (χ4v) is 3.34. The Morgan fingerprint density at radius 1 is 1.36 bits per heavy atom. The van der Waals surface area contributed by atoms with E-state index < -0.39 is 10.0 Å². The van der Waals surface area contributed by atoms with Crippen LogP contribution in [0.15, 0.2) is 0 Å². The fourth-order valence-electron chi connectivity index (χ4n) is 2.16. The van der Waals surface area contributed by atoms with Crippen molar-refractivity contribution in [2.75, 3.05) is 12.8 Å². The van der Waals surface area contributed by atoms with Gasteiger partial charge in [-0.15, -0.1) is 0 Å². The van der Waals surface area contributed by atoms with Gasteiger partial charge in [0.15, 0.2) is 0 Å². The molecular weight excluding hydrogens is 198 g/mol. The van der Waals surface area contributed by atoms with Gasteiger partial charge in [-0.1, -0.05) is 20.8 Å². The van der Waals surface area contributed by atoms with E-state index in [-0.39, 0.29) is 11.5 Å². The number of rotatable bonds is 2. The van der Waals surface area contributed by atoms with Gasteiger partial charge in [0, 0.05) is 12.6 Å². The summed E-state index contributed by atoms with van der Waals surface area (Å²) in [4.78, 5) is 0. The normalized spacial score (nSPS) is 25.6. The second-order valence-corrected chi connectivity index (χ2v) is 7.37. The minimum Gasteiger partial charge on any atom is -0.212 e. The zero-order valence-corrected chi connectivity index (χ0v) is 10.4. The SMILES string of the molecule is CC(C)(C)C[C@H]1CCCN1S(C)(=O)=O. The van der Waals surface area contributed by atoms with Crippen molar-refractivity contribution >= 4 is 10.0 Å². The molecule has 0 aromatic heterocycles. The molecule has 1 fully saturated rings. The minimum atomic E-state index is -2.99. The molecule has 0 saturated carbocycles. The Morgan fingerprint density at radius 2 is 1.93 bits per heavy atom. The molecule has 1 heterocycles. The first kappa shape index (κ1) is 12.0. The molecule has 0 unspecified atom stereocenters. The smallest absolute Gasteiger partial charge is 0.211 e. The molecule has 0 N–H and O–H groups in total. The van der Waals surface area contributed by atoms with Crippen molar-refractivity contribution in [3.63, 3.8) is 0 Å². The van der Waals surface area contributed by atoms with Gasteiger partial charge in [0.25, 0.3) is 0 Å². The van der Waals surface area contributed by atoms with Crippen molar-refractivity contribution in [2.24, 2.45) is 5.41 Å². The van der Waals surface area contributed by atoms with Crippen LogP contribution in [0.2, 0.25) is 0 Å². The second-order valence-electron chi connectivity index (χ2n) is 5.43. The van der Waals surface area contributed by atoms with Crippen molar-refractivity contribution in [2.45, 2.75) is 46.1 Å².